The van der Waals surface area contributed by atoms with E-state index in [1.165, 1.54) is 30.9 Å². The minimum absolute atomic E-state index is 0.240. The van der Waals surface area contributed by atoms with E-state index in [1.807, 2.05) is 24.3 Å². The van der Waals surface area contributed by atoms with E-state index in [9.17, 15) is 17.6 Å². The van der Waals surface area contributed by atoms with Gasteiger partial charge >= 0.3 is 6.36 Å². The van der Waals surface area contributed by atoms with Gasteiger partial charge in [0.25, 0.3) is 0 Å². The van der Waals surface area contributed by atoms with E-state index in [0.717, 1.165) is 29.7 Å². The summed E-state index contributed by atoms with van der Waals surface area (Å²) in [5, 5.41) is 0. The van der Waals surface area contributed by atoms with Gasteiger partial charge in [0.2, 0.25) is 0 Å². The highest BCUT2D eigenvalue weighted by Gasteiger charge is 2.32. The highest BCUT2D eigenvalue weighted by atomic mass is 19.4. The topological polar surface area (TPSA) is 9.23 Å². The van der Waals surface area contributed by atoms with Crippen molar-refractivity contribution in [2.75, 3.05) is 0 Å². The second kappa shape index (κ2) is 11.2. The summed E-state index contributed by atoms with van der Waals surface area (Å²) in [6, 6.07) is 18.6. The van der Waals surface area contributed by atoms with Gasteiger partial charge in [-0.15, -0.1) is 13.2 Å². The first-order valence-corrected chi connectivity index (χ1v) is 10.6. The summed E-state index contributed by atoms with van der Waals surface area (Å²) in [5.74, 6) is 9.83. The molecular formula is C28H22F4O. The van der Waals surface area contributed by atoms with Crippen molar-refractivity contribution < 1.29 is 22.3 Å². The molecule has 0 aromatic heterocycles. The summed E-state index contributed by atoms with van der Waals surface area (Å²) in [6.07, 6.45) is -0.218. The summed E-state index contributed by atoms with van der Waals surface area (Å²) >= 11 is 0. The number of ether oxygens (including phenoxy) is 1. The number of hydrogen-bond donors (Lipinski definition) is 0. The van der Waals surface area contributed by atoms with Crippen LogP contribution in [0.5, 0.6) is 5.75 Å². The molecular weight excluding hydrogens is 428 g/mol. The van der Waals surface area contributed by atoms with Crippen molar-refractivity contribution in [2.24, 2.45) is 0 Å². The summed E-state index contributed by atoms with van der Waals surface area (Å²) in [6.45, 7) is 2.19. The first-order valence-electron chi connectivity index (χ1n) is 10.6. The third-order valence-corrected chi connectivity index (χ3v) is 4.77. The Hall–Kier alpha value is -3.70. The van der Waals surface area contributed by atoms with Crippen LogP contribution in [0.2, 0.25) is 0 Å². The second-order valence-corrected chi connectivity index (χ2v) is 7.42. The predicted octanol–water partition coefficient (Wildman–Crippen LogP) is 7.26. The van der Waals surface area contributed by atoms with Gasteiger partial charge in [-0.1, -0.05) is 55.6 Å². The van der Waals surface area contributed by atoms with Crippen molar-refractivity contribution in [3.05, 3.63) is 100 Å². The molecule has 0 atom stereocenters. The van der Waals surface area contributed by atoms with Crippen molar-refractivity contribution in [2.45, 2.75) is 39.0 Å². The van der Waals surface area contributed by atoms with E-state index in [2.05, 4.69) is 47.5 Å². The fraction of sp³-hybridized carbons (Fsp3) is 0.214. The van der Waals surface area contributed by atoms with Gasteiger partial charge in [0, 0.05) is 22.3 Å². The number of benzene rings is 3. The van der Waals surface area contributed by atoms with E-state index < -0.39 is 17.9 Å². The SMILES string of the molecule is CCCCCc1ccc(C#Cc2ccc(C#Cc3ccc(OC(F)(F)F)c(F)c3)cc2)cc1. The molecule has 3 aromatic rings. The molecule has 0 spiro atoms. The van der Waals surface area contributed by atoms with Crippen LogP contribution in [0.15, 0.2) is 66.7 Å². The Morgan fingerprint density at radius 3 is 1.67 bits per heavy atom. The number of hydrogen-bond acceptors (Lipinski definition) is 1. The molecule has 168 valence electrons. The Kier molecular flexibility index (Phi) is 8.17. The minimum Gasteiger partial charge on any atom is -0.403 e. The fourth-order valence-corrected chi connectivity index (χ4v) is 3.05. The van der Waals surface area contributed by atoms with Crippen molar-refractivity contribution >= 4 is 0 Å². The van der Waals surface area contributed by atoms with Crippen molar-refractivity contribution in [1.29, 1.82) is 0 Å². The first-order chi connectivity index (χ1) is 15.8. The summed E-state index contributed by atoms with van der Waals surface area (Å²) in [4.78, 5) is 0. The van der Waals surface area contributed by atoms with Crippen molar-refractivity contribution in [3.63, 3.8) is 0 Å². The number of aryl methyl sites for hydroxylation is 1. The number of rotatable bonds is 5. The molecule has 0 aliphatic heterocycles. The minimum atomic E-state index is -4.95. The van der Waals surface area contributed by atoms with Gasteiger partial charge in [-0.3, -0.25) is 0 Å². The monoisotopic (exact) mass is 450 g/mol. The molecule has 0 radical (unpaired) electrons. The Bertz CT molecular complexity index is 1190. The van der Waals surface area contributed by atoms with Crippen LogP contribution < -0.4 is 4.74 Å². The van der Waals surface area contributed by atoms with Crippen molar-refractivity contribution in [1.82, 2.24) is 0 Å². The van der Waals surface area contributed by atoms with E-state index in [1.54, 1.807) is 12.1 Å². The van der Waals surface area contributed by atoms with Gasteiger partial charge in [0.15, 0.2) is 11.6 Å². The van der Waals surface area contributed by atoms with Gasteiger partial charge in [-0.05, 0) is 73.0 Å². The van der Waals surface area contributed by atoms with E-state index >= 15 is 0 Å². The molecule has 5 heteroatoms. The van der Waals surface area contributed by atoms with Crippen LogP contribution in [0, 0.1) is 29.5 Å². The molecule has 0 N–H and O–H groups in total. The lowest BCUT2D eigenvalue weighted by Crippen LogP contribution is -2.17. The maximum absolute atomic E-state index is 13.8. The first kappa shape index (κ1) is 24.0. The van der Waals surface area contributed by atoms with Gasteiger partial charge in [-0.25, -0.2) is 4.39 Å². The van der Waals surface area contributed by atoms with E-state index in [-0.39, 0.29) is 5.56 Å². The molecule has 0 aliphatic carbocycles. The Labute approximate surface area is 191 Å². The van der Waals surface area contributed by atoms with Gasteiger partial charge < -0.3 is 4.74 Å². The Balaban J connectivity index is 1.62. The average molecular weight is 450 g/mol. The van der Waals surface area contributed by atoms with Gasteiger partial charge in [0.1, 0.15) is 0 Å². The molecule has 0 fully saturated rings. The standard InChI is InChI=1S/C28H22F4O/c1-2-3-4-5-21-6-8-22(9-7-21)10-11-23-12-14-24(15-13-23)16-17-25-18-19-27(26(29)20-25)33-28(30,31)32/h6-9,12-15,18-20H,2-5H2,1H3. The lowest BCUT2D eigenvalue weighted by Gasteiger charge is -2.09. The van der Waals surface area contributed by atoms with Crippen LogP contribution in [0.1, 0.15) is 54.0 Å². The van der Waals surface area contributed by atoms with Crippen LogP contribution in [-0.2, 0) is 6.42 Å². The third-order valence-electron chi connectivity index (χ3n) is 4.77. The van der Waals surface area contributed by atoms with Gasteiger partial charge in [0.05, 0.1) is 0 Å². The largest absolute Gasteiger partial charge is 0.573 e. The predicted molar refractivity (Wildman–Crippen MR) is 121 cm³/mol. The third kappa shape index (κ3) is 8.05. The number of alkyl halides is 3. The lowest BCUT2D eigenvalue weighted by atomic mass is 10.1. The molecule has 3 aromatic carbocycles. The molecule has 0 amide bonds. The fourth-order valence-electron chi connectivity index (χ4n) is 3.05. The summed E-state index contributed by atoms with van der Waals surface area (Å²) < 4.78 is 54.0. The van der Waals surface area contributed by atoms with Crippen LogP contribution in [0.25, 0.3) is 0 Å². The van der Waals surface area contributed by atoms with Gasteiger partial charge in [-0.2, -0.15) is 0 Å². The zero-order valence-corrected chi connectivity index (χ0v) is 18.1. The average Bonchev–Trinajstić information content (AvgIpc) is 2.79. The molecule has 0 unspecified atom stereocenters. The molecule has 0 heterocycles. The molecule has 0 saturated heterocycles. The van der Waals surface area contributed by atoms with E-state index in [4.69, 9.17) is 0 Å². The van der Waals surface area contributed by atoms with Crippen LogP contribution in [0.4, 0.5) is 17.6 Å². The molecule has 0 aliphatic rings. The second-order valence-electron chi connectivity index (χ2n) is 7.42. The smallest absolute Gasteiger partial charge is 0.403 e. The molecule has 33 heavy (non-hydrogen) atoms. The van der Waals surface area contributed by atoms with Crippen molar-refractivity contribution in [3.8, 4) is 29.4 Å². The van der Waals surface area contributed by atoms with E-state index in [0.29, 0.717) is 5.56 Å². The number of unbranched alkanes of at least 4 members (excludes halogenated alkanes) is 2. The number of halogens is 4. The Morgan fingerprint density at radius 2 is 1.18 bits per heavy atom. The quantitative estimate of drug-likeness (QED) is 0.226. The Morgan fingerprint density at radius 1 is 0.697 bits per heavy atom. The molecule has 0 saturated carbocycles. The zero-order valence-electron chi connectivity index (χ0n) is 18.1. The highest BCUT2D eigenvalue weighted by molar-refractivity contribution is 5.48. The maximum Gasteiger partial charge on any atom is 0.573 e. The summed E-state index contributed by atoms with van der Waals surface area (Å²) in [7, 11) is 0. The highest BCUT2D eigenvalue weighted by Crippen LogP contribution is 2.25. The summed E-state index contributed by atoms with van der Waals surface area (Å²) in [5.41, 5.74) is 4.00. The molecule has 1 nitrogen and oxygen atoms in total. The normalized spacial score (nSPS) is 10.6. The van der Waals surface area contributed by atoms with Crippen LogP contribution in [-0.4, -0.2) is 6.36 Å². The molecule has 3 rings (SSSR count). The maximum atomic E-state index is 13.8. The zero-order chi connectivity index (χ0) is 23.7. The van der Waals surface area contributed by atoms with Crippen LogP contribution in [0.3, 0.4) is 0 Å². The lowest BCUT2D eigenvalue weighted by molar-refractivity contribution is -0.275. The molecule has 0 bridgehead atoms. The van der Waals surface area contributed by atoms with Crippen LogP contribution >= 0.6 is 0 Å².